The number of hydrogen-bond donors (Lipinski definition) is 1. The fourth-order valence-corrected chi connectivity index (χ4v) is 3.87. The van der Waals surface area contributed by atoms with Crippen LogP contribution in [0, 0.1) is 13.8 Å². The standard InChI is InChI=1S/C19H19N7O2/c1-11-12(2)22-16-9-14(23-26(16)18(11)27)15-5-3-7-24(15)19(28)13-10-21-25-8-4-6-20-17(13)25/h4,6,8-10,15,23H,3,5,7H2,1-2H3/t15-/m1/s1. The van der Waals surface area contributed by atoms with Gasteiger partial charge in [-0.05, 0) is 32.8 Å². The van der Waals surface area contributed by atoms with Crippen molar-refractivity contribution in [2.45, 2.75) is 32.7 Å². The first-order chi connectivity index (χ1) is 13.5. The number of aromatic nitrogens is 6. The van der Waals surface area contributed by atoms with Gasteiger partial charge < -0.3 is 4.90 Å². The Bertz CT molecular complexity index is 1280. The Hall–Kier alpha value is -3.49. The van der Waals surface area contributed by atoms with Crippen LogP contribution in [0.25, 0.3) is 11.3 Å². The van der Waals surface area contributed by atoms with Crippen LogP contribution in [-0.4, -0.2) is 46.5 Å². The van der Waals surface area contributed by atoms with Gasteiger partial charge >= 0.3 is 0 Å². The molecule has 142 valence electrons. The van der Waals surface area contributed by atoms with Crippen molar-refractivity contribution in [3.63, 3.8) is 0 Å². The van der Waals surface area contributed by atoms with Gasteiger partial charge in [-0.3, -0.25) is 14.7 Å². The van der Waals surface area contributed by atoms with E-state index < -0.39 is 0 Å². The Morgan fingerprint density at radius 2 is 2.18 bits per heavy atom. The van der Waals surface area contributed by atoms with Gasteiger partial charge in [-0.15, -0.1) is 0 Å². The van der Waals surface area contributed by atoms with E-state index >= 15 is 0 Å². The van der Waals surface area contributed by atoms with Crippen LogP contribution in [0.4, 0.5) is 0 Å². The SMILES string of the molecule is Cc1nc2cc([C@H]3CCCN3C(=O)c3cnn4cccnc34)[nH]n2c(=O)c1C. The molecule has 5 rings (SSSR count). The van der Waals surface area contributed by atoms with Crippen LogP contribution in [-0.2, 0) is 0 Å². The molecule has 1 fully saturated rings. The fraction of sp³-hybridized carbons (Fsp3) is 0.316. The van der Waals surface area contributed by atoms with Gasteiger partial charge in [0.15, 0.2) is 11.3 Å². The van der Waals surface area contributed by atoms with E-state index in [1.54, 1.807) is 36.1 Å². The third kappa shape index (κ3) is 2.35. The molecule has 0 unspecified atom stereocenters. The van der Waals surface area contributed by atoms with Crippen molar-refractivity contribution >= 4 is 17.2 Å². The minimum Gasteiger partial charge on any atom is -0.330 e. The van der Waals surface area contributed by atoms with Crippen LogP contribution >= 0.6 is 0 Å². The number of carbonyl (C=O) groups excluding carboxylic acids is 1. The molecule has 28 heavy (non-hydrogen) atoms. The highest BCUT2D eigenvalue weighted by Crippen LogP contribution is 2.33. The Kier molecular flexibility index (Phi) is 3.58. The number of rotatable bonds is 2. The van der Waals surface area contributed by atoms with E-state index in [2.05, 4.69) is 20.2 Å². The molecule has 4 aromatic heterocycles. The van der Waals surface area contributed by atoms with Crippen molar-refractivity contribution in [2.24, 2.45) is 0 Å². The summed E-state index contributed by atoms with van der Waals surface area (Å²) >= 11 is 0. The molecule has 1 N–H and O–H groups in total. The molecule has 1 saturated heterocycles. The average Bonchev–Trinajstić information content (AvgIpc) is 3.42. The summed E-state index contributed by atoms with van der Waals surface area (Å²) in [7, 11) is 0. The summed E-state index contributed by atoms with van der Waals surface area (Å²) in [6.07, 6.45) is 6.68. The van der Waals surface area contributed by atoms with Crippen molar-refractivity contribution < 1.29 is 4.79 Å². The second kappa shape index (κ2) is 6.01. The van der Waals surface area contributed by atoms with Gasteiger partial charge in [0.2, 0.25) is 0 Å². The number of fused-ring (bicyclic) bond motifs is 2. The molecule has 9 heteroatoms. The molecule has 9 nitrogen and oxygen atoms in total. The molecule has 0 aliphatic carbocycles. The van der Waals surface area contributed by atoms with Crippen LogP contribution in [0.15, 0.2) is 35.5 Å². The topological polar surface area (TPSA) is 101 Å². The molecule has 1 aliphatic rings. The third-order valence-corrected chi connectivity index (χ3v) is 5.49. The molecule has 0 bridgehead atoms. The van der Waals surface area contributed by atoms with Crippen LogP contribution in [0.5, 0.6) is 0 Å². The summed E-state index contributed by atoms with van der Waals surface area (Å²) in [5, 5.41) is 7.37. The van der Waals surface area contributed by atoms with E-state index in [1.165, 1.54) is 4.52 Å². The minimum atomic E-state index is -0.145. The van der Waals surface area contributed by atoms with E-state index in [4.69, 9.17) is 0 Å². The van der Waals surface area contributed by atoms with E-state index in [0.717, 1.165) is 18.5 Å². The number of aryl methyl sites for hydroxylation is 1. The van der Waals surface area contributed by atoms with Crippen molar-refractivity contribution in [1.29, 1.82) is 0 Å². The summed E-state index contributed by atoms with van der Waals surface area (Å²) in [5.74, 6) is -0.109. The molecular weight excluding hydrogens is 358 g/mol. The Morgan fingerprint density at radius 3 is 3.04 bits per heavy atom. The zero-order valence-electron chi connectivity index (χ0n) is 15.6. The first kappa shape index (κ1) is 16.7. The summed E-state index contributed by atoms with van der Waals surface area (Å²) in [6.45, 7) is 4.23. The second-order valence-electron chi connectivity index (χ2n) is 7.14. The van der Waals surface area contributed by atoms with Crippen molar-refractivity contribution in [1.82, 2.24) is 34.1 Å². The van der Waals surface area contributed by atoms with Crippen LogP contribution in [0.1, 0.15) is 46.2 Å². The van der Waals surface area contributed by atoms with Gasteiger partial charge in [-0.25, -0.2) is 19.0 Å². The fourth-order valence-electron chi connectivity index (χ4n) is 3.87. The molecule has 4 aromatic rings. The smallest absolute Gasteiger partial charge is 0.275 e. The average molecular weight is 377 g/mol. The lowest BCUT2D eigenvalue weighted by atomic mass is 10.1. The number of carbonyl (C=O) groups is 1. The highest BCUT2D eigenvalue weighted by molar-refractivity contribution is 6.00. The van der Waals surface area contributed by atoms with Crippen molar-refractivity contribution in [3.05, 3.63) is 63.6 Å². The van der Waals surface area contributed by atoms with Crippen LogP contribution < -0.4 is 5.56 Å². The minimum absolute atomic E-state index is 0.109. The van der Waals surface area contributed by atoms with Gasteiger partial charge in [0.05, 0.1) is 17.9 Å². The molecule has 0 saturated carbocycles. The van der Waals surface area contributed by atoms with Gasteiger partial charge in [-0.2, -0.15) is 5.10 Å². The summed E-state index contributed by atoms with van der Waals surface area (Å²) in [5.41, 5.74) is 3.61. The predicted molar refractivity (Wildman–Crippen MR) is 101 cm³/mol. The molecule has 0 spiro atoms. The largest absolute Gasteiger partial charge is 0.330 e. The maximum atomic E-state index is 13.2. The van der Waals surface area contributed by atoms with Crippen molar-refractivity contribution in [3.8, 4) is 0 Å². The summed E-state index contributed by atoms with van der Waals surface area (Å²) in [6, 6.07) is 3.48. The normalized spacial score (nSPS) is 17.1. The quantitative estimate of drug-likeness (QED) is 0.573. The Morgan fingerprint density at radius 1 is 1.32 bits per heavy atom. The molecular formula is C19H19N7O2. The number of likely N-dealkylation sites (tertiary alicyclic amines) is 1. The summed E-state index contributed by atoms with van der Waals surface area (Å²) in [4.78, 5) is 36.3. The molecule has 1 aliphatic heterocycles. The lowest BCUT2D eigenvalue weighted by molar-refractivity contribution is 0.0734. The van der Waals surface area contributed by atoms with E-state index in [0.29, 0.717) is 34.7 Å². The predicted octanol–water partition coefficient (Wildman–Crippen LogP) is 1.66. The van der Waals surface area contributed by atoms with Gasteiger partial charge in [-0.1, -0.05) is 0 Å². The zero-order chi connectivity index (χ0) is 19.4. The lowest BCUT2D eigenvalue weighted by Crippen LogP contribution is -2.31. The van der Waals surface area contributed by atoms with E-state index in [9.17, 15) is 9.59 Å². The highest BCUT2D eigenvalue weighted by atomic mass is 16.2. The molecule has 0 radical (unpaired) electrons. The molecule has 0 aromatic carbocycles. The molecule has 5 heterocycles. The highest BCUT2D eigenvalue weighted by Gasteiger charge is 2.33. The Balaban J connectivity index is 1.55. The molecule has 1 amide bonds. The first-order valence-corrected chi connectivity index (χ1v) is 9.23. The van der Waals surface area contributed by atoms with Gasteiger partial charge in [0, 0.05) is 36.3 Å². The first-order valence-electron chi connectivity index (χ1n) is 9.23. The van der Waals surface area contributed by atoms with Crippen LogP contribution in [0.3, 0.4) is 0 Å². The number of nitrogens with zero attached hydrogens (tertiary/aromatic N) is 6. The second-order valence-corrected chi connectivity index (χ2v) is 7.14. The van der Waals surface area contributed by atoms with E-state index in [-0.39, 0.29) is 17.5 Å². The number of H-pyrrole nitrogens is 1. The maximum Gasteiger partial charge on any atom is 0.275 e. The maximum absolute atomic E-state index is 13.2. The van der Waals surface area contributed by atoms with Crippen LogP contribution in [0.2, 0.25) is 0 Å². The third-order valence-electron chi connectivity index (χ3n) is 5.49. The van der Waals surface area contributed by atoms with Gasteiger partial charge in [0.1, 0.15) is 5.56 Å². The number of hydrogen-bond acceptors (Lipinski definition) is 5. The number of aromatic amines is 1. The molecule has 1 atom stereocenters. The zero-order valence-corrected chi connectivity index (χ0v) is 15.6. The van der Waals surface area contributed by atoms with Crippen molar-refractivity contribution in [2.75, 3.05) is 6.54 Å². The van der Waals surface area contributed by atoms with E-state index in [1.807, 2.05) is 17.9 Å². The number of amides is 1. The summed E-state index contributed by atoms with van der Waals surface area (Å²) < 4.78 is 3.05. The van der Waals surface area contributed by atoms with Gasteiger partial charge in [0.25, 0.3) is 11.5 Å². The lowest BCUT2D eigenvalue weighted by Gasteiger charge is -2.23. The monoisotopic (exact) mass is 377 g/mol. The Labute approximate surface area is 159 Å². The number of nitrogens with one attached hydrogen (secondary N) is 1.